The molecule has 0 unspecified atom stereocenters. The summed E-state index contributed by atoms with van der Waals surface area (Å²) >= 11 is 0. The smallest absolute Gasteiger partial charge is 0.247 e. The molecule has 1 aromatic rings. The first-order valence-electron chi connectivity index (χ1n) is 6.51. The van der Waals surface area contributed by atoms with Gasteiger partial charge in [0.1, 0.15) is 11.4 Å². The highest BCUT2D eigenvalue weighted by Gasteiger charge is 2.41. The Balaban J connectivity index is 2.36. The normalized spacial score (nSPS) is 20.6. The van der Waals surface area contributed by atoms with Gasteiger partial charge in [0.25, 0.3) is 0 Å². The molecule has 0 bridgehead atoms. The van der Waals surface area contributed by atoms with Crippen molar-refractivity contribution in [3.8, 4) is 0 Å². The number of nitrogens with zero attached hydrogens (tertiary/aromatic N) is 3. The monoisotopic (exact) mass is 263 g/mol. The average Bonchev–Trinajstić information content (AvgIpc) is 2.36. The minimum Gasteiger partial charge on any atom is -0.389 e. The summed E-state index contributed by atoms with van der Waals surface area (Å²) in [6, 6.07) is 3.64. The van der Waals surface area contributed by atoms with Gasteiger partial charge in [-0.1, -0.05) is 0 Å². The molecule has 19 heavy (non-hydrogen) atoms. The number of anilines is 1. The summed E-state index contributed by atoms with van der Waals surface area (Å²) in [6.07, 6.45) is 1.14. The molecule has 104 valence electrons. The van der Waals surface area contributed by atoms with E-state index >= 15 is 0 Å². The van der Waals surface area contributed by atoms with Gasteiger partial charge in [-0.15, -0.1) is 0 Å². The lowest BCUT2D eigenvalue weighted by Crippen LogP contribution is -2.62. The van der Waals surface area contributed by atoms with Crippen LogP contribution in [0.2, 0.25) is 0 Å². The molecule has 2 rings (SSSR count). The highest BCUT2D eigenvalue weighted by molar-refractivity contribution is 5.90. The van der Waals surface area contributed by atoms with Crippen LogP contribution in [0.1, 0.15) is 32.4 Å². The lowest BCUT2D eigenvalue weighted by molar-refractivity contribution is -0.136. The maximum absolute atomic E-state index is 12.3. The standard InChI is InChI=1S/C14H21N3O2/c1-10(18)11-5-6-15-12(9-11)17-8-7-16(4)13(19)14(17,2)3/h5-6,9-10,18H,7-8H2,1-4H3/t10-/m1/s1. The topological polar surface area (TPSA) is 56.7 Å². The lowest BCUT2D eigenvalue weighted by atomic mass is 9.97. The number of rotatable bonds is 2. The van der Waals surface area contributed by atoms with E-state index in [0.717, 1.165) is 17.9 Å². The molecule has 0 spiro atoms. The highest BCUT2D eigenvalue weighted by atomic mass is 16.3. The van der Waals surface area contributed by atoms with Gasteiger partial charge in [0.15, 0.2) is 0 Å². The second-order valence-electron chi connectivity index (χ2n) is 5.56. The van der Waals surface area contributed by atoms with E-state index < -0.39 is 11.6 Å². The number of hydrogen-bond acceptors (Lipinski definition) is 4. The van der Waals surface area contributed by atoms with Crippen molar-refractivity contribution in [3.63, 3.8) is 0 Å². The fourth-order valence-electron chi connectivity index (χ4n) is 2.46. The molecule has 1 fully saturated rings. The zero-order valence-electron chi connectivity index (χ0n) is 11.9. The van der Waals surface area contributed by atoms with E-state index in [-0.39, 0.29) is 5.91 Å². The van der Waals surface area contributed by atoms with Crippen LogP contribution < -0.4 is 4.90 Å². The maximum atomic E-state index is 12.3. The van der Waals surface area contributed by atoms with Gasteiger partial charge in [0.2, 0.25) is 5.91 Å². The second-order valence-corrected chi connectivity index (χ2v) is 5.56. The summed E-state index contributed by atoms with van der Waals surface area (Å²) in [4.78, 5) is 20.3. The van der Waals surface area contributed by atoms with Crippen LogP contribution in [0.25, 0.3) is 0 Å². The summed E-state index contributed by atoms with van der Waals surface area (Å²) in [5, 5.41) is 9.65. The van der Waals surface area contributed by atoms with Crippen molar-refractivity contribution < 1.29 is 9.90 Å². The van der Waals surface area contributed by atoms with E-state index in [1.807, 2.05) is 31.9 Å². The molecule has 0 radical (unpaired) electrons. The summed E-state index contributed by atoms with van der Waals surface area (Å²) in [7, 11) is 1.82. The maximum Gasteiger partial charge on any atom is 0.247 e. The SMILES string of the molecule is C[C@@H](O)c1ccnc(N2CCN(C)C(=O)C2(C)C)c1. The number of aromatic nitrogens is 1. The average molecular weight is 263 g/mol. The number of pyridine rings is 1. The number of piperazine rings is 1. The Labute approximate surface area is 113 Å². The third kappa shape index (κ3) is 2.42. The first-order valence-corrected chi connectivity index (χ1v) is 6.51. The van der Waals surface area contributed by atoms with Crippen molar-refractivity contribution in [2.24, 2.45) is 0 Å². The summed E-state index contributed by atoms with van der Waals surface area (Å²) < 4.78 is 0. The summed E-state index contributed by atoms with van der Waals surface area (Å²) in [5.41, 5.74) is 0.198. The molecule has 0 saturated carbocycles. The molecule has 0 aromatic carbocycles. The van der Waals surface area contributed by atoms with Gasteiger partial charge < -0.3 is 14.9 Å². The molecule has 1 atom stereocenters. The number of aliphatic hydroxyl groups is 1. The highest BCUT2D eigenvalue weighted by Crippen LogP contribution is 2.28. The van der Waals surface area contributed by atoms with E-state index in [1.54, 1.807) is 24.1 Å². The molecular weight excluding hydrogens is 242 g/mol. The van der Waals surface area contributed by atoms with Crippen molar-refractivity contribution in [2.75, 3.05) is 25.0 Å². The number of hydrogen-bond donors (Lipinski definition) is 1. The van der Waals surface area contributed by atoms with Crippen molar-refractivity contribution in [1.82, 2.24) is 9.88 Å². The van der Waals surface area contributed by atoms with Crippen LogP contribution in [0.15, 0.2) is 18.3 Å². The van der Waals surface area contributed by atoms with Crippen molar-refractivity contribution in [3.05, 3.63) is 23.9 Å². The Hall–Kier alpha value is -1.62. The predicted molar refractivity (Wildman–Crippen MR) is 73.9 cm³/mol. The van der Waals surface area contributed by atoms with E-state index in [2.05, 4.69) is 4.98 Å². The summed E-state index contributed by atoms with van der Waals surface area (Å²) in [5.74, 6) is 0.827. The van der Waals surface area contributed by atoms with Crippen molar-refractivity contribution in [1.29, 1.82) is 0 Å². The Morgan fingerprint density at radius 3 is 2.74 bits per heavy atom. The van der Waals surface area contributed by atoms with Gasteiger partial charge >= 0.3 is 0 Å². The fourth-order valence-corrected chi connectivity index (χ4v) is 2.46. The zero-order chi connectivity index (χ0) is 14.2. The van der Waals surface area contributed by atoms with E-state index in [1.165, 1.54) is 0 Å². The molecule has 2 heterocycles. The third-order valence-electron chi connectivity index (χ3n) is 3.73. The largest absolute Gasteiger partial charge is 0.389 e. The van der Waals surface area contributed by atoms with Crippen molar-refractivity contribution >= 4 is 11.7 Å². The van der Waals surface area contributed by atoms with Crippen LogP contribution in [0.4, 0.5) is 5.82 Å². The predicted octanol–water partition coefficient (Wildman–Crippen LogP) is 1.19. The number of carbonyl (C=O) groups is 1. The molecule has 1 aliphatic heterocycles. The van der Waals surface area contributed by atoms with Crippen LogP contribution in [0, 0.1) is 0 Å². The van der Waals surface area contributed by atoms with Crippen LogP contribution in [-0.2, 0) is 4.79 Å². The van der Waals surface area contributed by atoms with Crippen LogP contribution >= 0.6 is 0 Å². The molecule has 1 aliphatic rings. The molecule has 5 heteroatoms. The lowest BCUT2D eigenvalue weighted by Gasteiger charge is -2.45. The van der Waals surface area contributed by atoms with Gasteiger partial charge in [0.05, 0.1) is 6.10 Å². The van der Waals surface area contributed by atoms with E-state index in [0.29, 0.717) is 6.54 Å². The molecule has 1 amide bonds. The first-order chi connectivity index (χ1) is 8.84. The molecule has 5 nitrogen and oxygen atoms in total. The minimum atomic E-state index is -0.614. The van der Waals surface area contributed by atoms with Gasteiger partial charge in [0, 0.05) is 26.3 Å². The number of amides is 1. The quantitative estimate of drug-likeness (QED) is 0.871. The number of likely N-dealkylation sites (N-methyl/N-ethyl adjacent to an activating group) is 1. The Bertz CT molecular complexity index is 485. The number of carbonyl (C=O) groups excluding carboxylic acids is 1. The molecule has 0 aliphatic carbocycles. The Morgan fingerprint density at radius 2 is 2.11 bits per heavy atom. The first kappa shape index (κ1) is 13.8. The number of aliphatic hydroxyl groups excluding tert-OH is 1. The van der Waals surface area contributed by atoms with Crippen LogP contribution in [0.5, 0.6) is 0 Å². The van der Waals surface area contributed by atoms with Crippen LogP contribution in [-0.4, -0.2) is 46.6 Å². The molecule has 1 N–H and O–H groups in total. The fraction of sp³-hybridized carbons (Fsp3) is 0.571. The Morgan fingerprint density at radius 1 is 1.42 bits per heavy atom. The third-order valence-corrected chi connectivity index (χ3v) is 3.73. The summed E-state index contributed by atoms with van der Waals surface area (Å²) in [6.45, 7) is 6.96. The minimum absolute atomic E-state index is 0.0861. The van der Waals surface area contributed by atoms with E-state index in [4.69, 9.17) is 0 Å². The molecule has 1 saturated heterocycles. The van der Waals surface area contributed by atoms with Gasteiger partial charge in [-0.3, -0.25) is 4.79 Å². The zero-order valence-corrected chi connectivity index (χ0v) is 11.9. The molecular formula is C14H21N3O2. The van der Waals surface area contributed by atoms with E-state index in [9.17, 15) is 9.90 Å². The van der Waals surface area contributed by atoms with Gasteiger partial charge in [-0.25, -0.2) is 4.98 Å². The second kappa shape index (κ2) is 4.81. The Kier molecular flexibility index (Phi) is 3.49. The van der Waals surface area contributed by atoms with Gasteiger partial charge in [-0.05, 0) is 38.5 Å². The van der Waals surface area contributed by atoms with Crippen LogP contribution in [0.3, 0.4) is 0 Å². The van der Waals surface area contributed by atoms with Crippen molar-refractivity contribution in [2.45, 2.75) is 32.4 Å². The molecule has 1 aromatic heterocycles. The van der Waals surface area contributed by atoms with Gasteiger partial charge in [-0.2, -0.15) is 0 Å².